The summed E-state index contributed by atoms with van der Waals surface area (Å²) in [5.74, 6) is 1.72. The Bertz CT molecular complexity index is 365. The minimum Gasteiger partial charge on any atom is -0.351 e. The average molecular weight is 318 g/mol. The highest BCUT2D eigenvalue weighted by Gasteiger charge is 2.19. The smallest absolute Gasteiger partial charge is 0.262 e. The average Bonchev–Trinajstić information content (AvgIpc) is 2.63. The molecule has 0 aromatic carbocycles. The van der Waals surface area contributed by atoms with Crippen molar-refractivity contribution in [3.63, 3.8) is 0 Å². The van der Waals surface area contributed by atoms with Gasteiger partial charge in [-0.2, -0.15) is 0 Å². The molecule has 2 nitrogen and oxygen atoms in total. The molecule has 0 spiro atoms. The second kappa shape index (κ2) is 6.55. The molecule has 0 saturated heterocycles. The van der Waals surface area contributed by atoms with Crippen molar-refractivity contribution in [1.29, 1.82) is 0 Å². The third kappa shape index (κ3) is 4.11. The lowest BCUT2D eigenvalue weighted by molar-refractivity contribution is 0.0940. The topological polar surface area (TPSA) is 29.1 Å². The van der Waals surface area contributed by atoms with Gasteiger partial charge in [-0.3, -0.25) is 4.79 Å². The van der Waals surface area contributed by atoms with Crippen LogP contribution in [0, 0.1) is 17.8 Å². The maximum atomic E-state index is 11.9. The van der Waals surface area contributed by atoms with E-state index in [1.165, 1.54) is 11.3 Å². The van der Waals surface area contributed by atoms with Gasteiger partial charge in [0.15, 0.2) is 0 Å². The van der Waals surface area contributed by atoms with Gasteiger partial charge in [0.1, 0.15) is 4.88 Å². The first-order valence-electron chi connectivity index (χ1n) is 5.94. The van der Waals surface area contributed by atoms with Gasteiger partial charge in [-0.05, 0) is 45.1 Å². The molecule has 0 bridgehead atoms. The number of nitrogens with one attached hydrogen (secondary N) is 1. The Morgan fingerprint density at radius 2 is 1.94 bits per heavy atom. The number of halogens is 1. The highest BCUT2D eigenvalue weighted by Crippen LogP contribution is 2.23. The molecule has 1 amide bonds. The van der Waals surface area contributed by atoms with E-state index in [1.807, 2.05) is 11.4 Å². The summed E-state index contributed by atoms with van der Waals surface area (Å²) < 4.78 is 0.880. The fourth-order valence-corrected chi connectivity index (χ4v) is 3.46. The maximum Gasteiger partial charge on any atom is 0.262 e. The molecular weight excluding hydrogens is 298 g/mol. The third-order valence-corrected chi connectivity index (χ3v) is 4.87. The maximum absolute atomic E-state index is 11.9. The lowest BCUT2D eigenvalue weighted by atomic mass is 9.85. The van der Waals surface area contributed by atoms with Crippen molar-refractivity contribution in [2.24, 2.45) is 17.8 Å². The number of amides is 1. The first-order valence-corrected chi connectivity index (χ1v) is 7.62. The fourth-order valence-electron chi connectivity index (χ4n) is 1.99. The van der Waals surface area contributed by atoms with Crippen LogP contribution < -0.4 is 5.32 Å². The van der Waals surface area contributed by atoms with Crippen LogP contribution in [0.4, 0.5) is 0 Å². The van der Waals surface area contributed by atoms with Gasteiger partial charge in [0.2, 0.25) is 0 Å². The highest BCUT2D eigenvalue weighted by molar-refractivity contribution is 9.10. The van der Waals surface area contributed by atoms with E-state index in [0.29, 0.717) is 17.8 Å². The number of carbonyl (C=O) groups excluding carboxylic acids is 1. The predicted molar refractivity (Wildman–Crippen MR) is 77.5 cm³/mol. The lowest BCUT2D eigenvalue weighted by Gasteiger charge is -2.24. The van der Waals surface area contributed by atoms with Crippen LogP contribution >= 0.6 is 27.3 Å². The second-order valence-corrected chi connectivity index (χ2v) is 6.73. The van der Waals surface area contributed by atoms with Crippen molar-refractivity contribution in [1.82, 2.24) is 5.32 Å². The Morgan fingerprint density at radius 3 is 2.35 bits per heavy atom. The van der Waals surface area contributed by atoms with E-state index >= 15 is 0 Å². The standard InChI is InChI=1S/C13H20BrNOS/c1-8(2)10(9(3)4)7-15-13(16)12-11(14)5-6-17-12/h5-6,8-10H,7H2,1-4H3,(H,15,16). The van der Waals surface area contributed by atoms with Gasteiger partial charge >= 0.3 is 0 Å². The molecule has 96 valence electrons. The largest absolute Gasteiger partial charge is 0.351 e. The molecule has 0 fully saturated rings. The van der Waals surface area contributed by atoms with Crippen LogP contribution in [0.1, 0.15) is 37.4 Å². The molecule has 17 heavy (non-hydrogen) atoms. The van der Waals surface area contributed by atoms with Crippen LogP contribution in [0.25, 0.3) is 0 Å². The zero-order chi connectivity index (χ0) is 13.0. The van der Waals surface area contributed by atoms with Crippen LogP contribution in [-0.4, -0.2) is 12.5 Å². The van der Waals surface area contributed by atoms with Gasteiger partial charge in [-0.1, -0.05) is 27.7 Å². The summed E-state index contributed by atoms with van der Waals surface area (Å²) in [6, 6.07) is 1.90. The first-order chi connectivity index (χ1) is 7.93. The Morgan fingerprint density at radius 1 is 1.35 bits per heavy atom. The molecular formula is C13H20BrNOS. The monoisotopic (exact) mass is 317 g/mol. The van der Waals surface area contributed by atoms with Crippen molar-refractivity contribution >= 4 is 33.2 Å². The summed E-state index contributed by atoms with van der Waals surface area (Å²) >= 11 is 4.85. The highest BCUT2D eigenvalue weighted by atomic mass is 79.9. The predicted octanol–water partition coefficient (Wildman–Crippen LogP) is 4.17. The van der Waals surface area contributed by atoms with E-state index < -0.39 is 0 Å². The summed E-state index contributed by atoms with van der Waals surface area (Å²) in [4.78, 5) is 12.7. The van der Waals surface area contributed by atoms with E-state index in [-0.39, 0.29) is 5.91 Å². The normalized spacial score (nSPS) is 11.5. The summed E-state index contributed by atoms with van der Waals surface area (Å²) in [5, 5.41) is 4.95. The lowest BCUT2D eigenvalue weighted by Crippen LogP contribution is -2.33. The Kier molecular flexibility index (Phi) is 5.67. The van der Waals surface area contributed by atoms with Crippen molar-refractivity contribution in [2.75, 3.05) is 6.54 Å². The summed E-state index contributed by atoms with van der Waals surface area (Å²) in [6.45, 7) is 9.57. The second-order valence-electron chi connectivity index (χ2n) is 4.96. The zero-order valence-electron chi connectivity index (χ0n) is 10.8. The van der Waals surface area contributed by atoms with Crippen molar-refractivity contribution in [2.45, 2.75) is 27.7 Å². The molecule has 1 rings (SSSR count). The third-order valence-electron chi connectivity index (χ3n) is 3.03. The van der Waals surface area contributed by atoms with E-state index in [2.05, 4.69) is 48.9 Å². The molecule has 0 unspecified atom stereocenters. The van der Waals surface area contributed by atoms with E-state index in [9.17, 15) is 4.79 Å². The molecule has 0 aliphatic carbocycles. The summed E-state index contributed by atoms with van der Waals surface area (Å²) in [7, 11) is 0. The van der Waals surface area contributed by atoms with Gasteiger partial charge in [0.25, 0.3) is 5.91 Å². The molecule has 0 aliphatic rings. The minimum absolute atomic E-state index is 0.0261. The SMILES string of the molecule is CC(C)C(CNC(=O)c1sccc1Br)C(C)C. The number of rotatable bonds is 5. The number of thiophene rings is 1. The van der Waals surface area contributed by atoms with Gasteiger partial charge in [0.05, 0.1) is 0 Å². The van der Waals surface area contributed by atoms with E-state index in [1.54, 1.807) is 0 Å². The molecule has 0 saturated carbocycles. The molecule has 4 heteroatoms. The zero-order valence-corrected chi connectivity index (χ0v) is 13.2. The summed E-state index contributed by atoms with van der Waals surface area (Å²) in [5.41, 5.74) is 0. The number of hydrogen-bond donors (Lipinski definition) is 1. The molecule has 1 aromatic rings. The molecule has 1 aromatic heterocycles. The molecule has 0 radical (unpaired) electrons. The van der Waals surface area contributed by atoms with Crippen molar-refractivity contribution in [3.8, 4) is 0 Å². The molecule has 1 N–H and O–H groups in total. The Labute approximate surface area is 116 Å². The van der Waals surface area contributed by atoms with Crippen LogP contribution in [0.5, 0.6) is 0 Å². The van der Waals surface area contributed by atoms with Crippen LogP contribution in [0.3, 0.4) is 0 Å². The van der Waals surface area contributed by atoms with Gasteiger partial charge in [0, 0.05) is 11.0 Å². The van der Waals surface area contributed by atoms with Crippen LogP contribution in [0.15, 0.2) is 15.9 Å². The first kappa shape index (κ1) is 14.7. The van der Waals surface area contributed by atoms with Gasteiger partial charge in [-0.25, -0.2) is 0 Å². The Hall–Kier alpha value is -0.350. The van der Waals surface area contributed by atoms with Crippen LogP contribution in [0.2, 0.25) is 0 Å². The van der Waals surface area contributed by atoms with Crippen molar-refractivity contribution < 1.29 is 4.79 Å². The minimum atomic E-state index is 0.0261. The van der Waals surface area contributed by atoms with E-state index in [4.69, 9.17) is 0 Å². The number of carbonyl (C=O) groups is 1. The van der Waals surface area contributed by atoms with Gasteiger partial charge in [-0.15, -0.1) is 11.3 Å². The quantitative estimate of drug-likeness (QED) is 0.867. The van der Waals surface area contributed by atoms with Crippen molar-refractivity contribution in [3.05, 3.63) is 20.8 Å². The van der Waals surface area contributed by atoms with Gasteiger partial charge < -0.3 is 5.32 Å². The number of hydrogen-bond acceptors (Lipinski definition) is 2. The van der Waals surface area contributed by atoms with E-state index in [0.717, 1.165) is 15.9 Å². The molecule has 1 heterocycles. The Balaban J connectivity index is 2.56. The van der Waals surface area contributed by atoms with Crippen LogP contribution in [-0.2, 0) is 0 Å². The molecule has 0 atom stereocenters. The molecule has 0 aliphatic heterocycles. The fraction of sp³-hybridized carbons (Fsp3) is 0.615. The summed E-state index contributed by atoms with van der Waals surface area (Å²) in [6.07, 6.45) is 0.